The number of amides is 1. The summed E-state index contributed by atoms with van der Waals surface area (Å²) < 4.78 is 1.56. The zero-order chi connectivity index (χ0) is 16.1. The predicted octanol–water partition coefficient (Wildman–Crippen LogP) is 2.32. The smallest absolute Gasteiger partial charge is 0.253 e. The van der Waals surface area contributed by atoms with E-state index in [1.54, 1.807) is 28.3 Å². The molecule has 1 aliphatic carbocycles. The van der Waals surface area contributed by atoms with Crippen LogP contribution >= 0.6 is 11.3 Å². The summed E-state index contributed by atoms with van der Waals surface area (Å²) in [5, 5.41) is 4.80. The first-order chi connectivity index (χ1) is 11.2. The number of hydrogen-bond donors (Lipinski definition) is 1. The normalized spacial score (nSPS) is 15.0. The van der Waals surface area contributed by atoms with Gasteiger partial charge in [0.1, 0.15) is 0 Å². The van der Waals surface area contributed by atoms with Gasteiger partial charge in [0, 0.05) is 30.0 Å². The van der Waals surface area contributed by atoms with E-state index >= 15 is 0 Å². The van der Waals surface area contributed by atoms with Crippen LogP contribution in [0.2, 0.25) is 0 Å². The van der Waals surface area contributed by atoms with Crippen molar-refractivity contribution in [2.24, 2.45) is 0 Å². The molecule has 0 saturated heterocycles. The second-order valence-corrected chi connectivity index (χ2v) is 6.97. The molecule has 23 heavy (non-hydrogen) atoms. The number of thiophene rings is 1. The van der Waals surface area contributed by atoms with E-state index in [9.17, 15) is 9.59 Å². The van der Waals surface area contributed by atoms with Crippen molar-refractivity contribution in [2.75, 3.05) is 6.54 Å². The van der Waals surface area contributed by atoms with Crippen molar-refractivity contribution in [3.8, 4) is 0 Å². The Kier molecular flexibility index (Phi) is 5.23. The lowest BCUT2D eigenvalue weighted by Crippen LogP contribution is -2.31. The van der Waals surface area contributed by atoms with Gasteiger partial charge in [0.25, 0.3) is 5.56 Å². The van der Waals surface area contributed by atoms with E-state index in [1.165, 1.54) is 12.8 Å². The van der Waals surface area contributed by atoms with E-state index in [0.29, 0.717) is 25.4 Å². The summed E-state index contributed by atoms with van der Waals surface area (Å²) >= 11 is 1.57. The van der Waals surface area contributed by atoms with Gasteiger partial charge in [-0.15, -0.1) is 11.3 Å². The first kappa shape index (κ1) is 15.9. The van der Waals surface area contributed by atoms with Crippen molar-refractivity contribution in [1.29, 1.82) is 0 Å². The van der Waals surface area contributed by atoms with Crippen LogP contribution in [-0.2, 0) is 17.8 Å². The van der Waals surface area contributed by atoms with E-state index in [4.69, 9.17) is 0 Å². The maximum absolute atomic E-state index is 12.1. The number of carbonyl (C=O) groups is 1. The number of nitrogens with zero attached hydrogens (tertiary/aromatic N) is 2. The summed E-state index contributed by atoms with van der Waals surface area (Å²) in [5.74, 6) is 0.430. The fourth-order valence-corrected chi connectivity index (χ4v) is 3.71. The van der Waals surface area contributed by atoms with E-state index < -0.39 is 0 Å². The SMILES string of the molecule is O=C(Cc1cccs1)NCCn1cnc(C2CCCC2)cc1=O. The van der Waals surface area contributed by atoms with Crippen LogP contribution < -0.4 is 10.9 Å². The molecule has 3 rings (SSSR count). The minimum Gasteiger partial charge on any atom is -0.354 e. The lowest BCUT2D eigenvalue weighted by atomic mass is 10.0. The molecule has 0 aliphatic heterocycles. The molecule has 0 unspecified atom stereocenters. The van der Waals surface area contributed by atoms with Gasteiger partial charge in [0.2, 0.25) is 5.91 Å². The molecule has 1 N–H and O–H groups in total. The number of aromatic nitrogens is 2. The Morgan fingerprint density at radius 3 is 2.91 bits per heavy atom. The van der Waals surface area contributed by atoms with Gasteiger partial charge in [-0.05, 0) is 24.3 Å². The molecule has 6 heteroatoms. The van der Waals surface area contributed by atoms with Gasteiger partial charge in [-0.1, -0.05) is 18.9 Å². The summed E-state index contributed by atoms with van der Waals surface area (Å²) in [6.45, 7) is 0.890. The molecule has 1 aliphatic rings. The Bertz CT molecular complexity index is 703. The van der Waals surface area contributed by atoms with Crippen molar-refractivity contribution < 1.29 is 4.79 Å². The fraction of sp³-hybridized carbons (Fsp3) is 0.471. The molecule has 0 radical (unpaired) electrons. The molecule has 2 aromatic heterocycles. The third-order valence-electron chi connectivity index (χ3n) is 4.26. The van der Waals surface area contributed by atoms with Crippen molar-refractivity contribution in [3.63, 3.8) is 0 Å². The van der Waals surface area contributed by atoms with E-state index in [-0.39, 0.29) is 11.5 Å². The molecule has 1 fully saturated rings. The minimum atomic E-state index is -0.0330. The Morgan fingerprint density at radius 2 is 2.22 bits per heavy atom. The Hall–Kier alpha value is -1.95. The lowest BCUT2D eigenvalue weighted by Gasteiger charge is -2.10. The first-order valence-corrected chi connectivity index (χ1v) is 8.96. The van der Waals surface area contributed by atoms with Crippen molar-refractivity contribution in [1.82, 2.24) is 14.9 Å². The fourth-order valence-electron chi connectivity index (χ4n) is 3.00. The van der Waals surface area contributed by atoms with Crippen molar-refractivity contribution >= 4 is 17.2 Å². The quantitative estimate of drug-likeness (QED) is 0.883. The van der Waals surface area contributed by atoms with Gasteiger partial charge >= 0.3 is 0 Å². The summed E-state index contributed by atoms with van der Waals surface area (Å²) in [5.41, 5.74) is 0.889. The standard InChI is InChI=1S/C17H21N3O2S/c21-16(10-14-6-3-9-23-14)18-7-8-20-12-19-15(11-17(20)22)13-4-1-2-5-13/h3,6,9,11-13H,1-2,4-5,7-8,10H2,(H,18,21). The van der Waals surface area contributed by atoms with Gasteiger partial charge in [0.15, 0.2) is 0 Å². The highest BCUT2D eigenvalue weighted by atomic mass is 32.1. The lowest BCUT2D eigenvalue weighted by molar-refractivity contribution is -0.120. The molecule has 1 amide bonds. The second-order valence-electron chi connectivity index (χ2n) is 5.93. The van der Waals surface area contributed by atoms with Crippen LogP contribution in [0.4, 0.5) is 0 Å². The molecule has 0 atom stereocenters. The molecular formula is C17H21N3O2S. The third-order valence-corrected chi connectivity index (χ3v) is 5.14. The van der Waals surface area contributed by atoms with Crippen LogP contribution in [0.15, 0.2) is 34.7 Å². The van der Waals surface area contributed by atoms with Crippen LogP contribution in [0.25, 0.3) is 0 Å². The van der Waals surface area contributed by atoms with Crippen LogP contribution in [0.5, 0.6) is 0 Å². The molecule has 0 spiro atoms. The molecular weight excluding hydrogens is 310 g/mol. The second kappa shape index (κ2) is 7.55. The first-order valence-electron chi connectivity index (χ1n) is 8.08. The minimum absolute atomic E-state index is 0.0176. The van der Waals surface area contributed by atoms with Gasteiger partial charge in [-0.25, -0.2) is 4.98 Å². The maximum atomic E-state index is 12.1. The predicted molar refractivity (Wildman–Crippen MR) is 90.7 cm³/mol. The molecule has 0 bridgehead atoms. The molecule has 0 aromatic carbocycles. The number of carbonyl (C=O) groups excluding carboxylic acids is 1. The zero-order valence-electron chi connectivity index (χ0n) is 13.0. The van der Waals surface area contributed by atoms with Crippen molar-refractivity contribution in [3.05, 3.63) is 50.8 Å². The van der Waals surface area contributed by atoms with Gasteiger partial charge in [-0.3, -0.25) is 14.2 Å². The largest absolute Gasteiger partial charge is 0.354 e. The number of nitrogens with one attached hydrogen (secondary N) is 1. The summed E-state index contributed by atoms with van der Waals surface area (Å²) in [7, 11) is 0. The van der Waals surface area contributed by atoms with Crippen molar-refractivity contribution in [2.45, 2.75) is 44.6 Å². The Balaban J connectivity index is 1.50. The topological polar surface area (TPSA) is 64.0 Å². The zero-order valence-corrected chi connectivity index (χ0v) is 13.8. The van der Waals surface area contributed by atoms with Gasteiger partial charge in [-0.2, -0.15) is 0 Å². The van der Waals surface area contributed by atoms with E-state index in [0.717, 1.165) is 23.4 Å². The average Bonchev–Trinajstić information content (AvgIpc) is 3.22. The third kappa shape index (κ3) is 4.28. The molecule has 5 nitrogen and oxygen atoms in total. The van der Waals surface area contributed by atoms with E-state index in [1.807, 2.05) is 17.5 Å². The highest BCUT2D eigenvalue weighted by molar-refractivity contribution is 7.10. The van der Waals surface area contributed by atoms with Crippen LogP contribution in [-0.4, -0.2) is 22.0 Å². The van der Waals surface area contributed by atoms with Crippen LogP contribution in [0, 0.1) is 0 Å². The number of rotatable bonds is 6. The van der Waals surface area contributed by atoms with Crippen LogP contribution in [0.1, 0.15) is 42.2 Å². The maximum Gasteiger partial charge on any atom is 0.253 e. The highest BCUT2D eigenvalue weighted by Gasteiger charge is 2.18. The van der Waals surface area contributed by atoms with Gasteiger partial charge in [0.05, 0.1) is 18.4 Å². The monoisotopic (exact) mass is 331 g/mol. The molecule has 122 valence electrons. The molecule has 2 aromatic rings. The molecule has 1 saturated carbocycles. The molecule has 2 heterocycles. The Labute approximate surface area is 139 Å². The Morgan fingerprint density at radius 1 is 1.39 bits per heavy atom. The summed E-state index contributed by atoms with van der Waals surface area (Å²) in [6.07, 6.45) is 6.73. The van der Waals surface area contributed by atoms with Crippen LogP contribution in [0.3, 0.4) is 0 Å². The summed E-state index contributed by atoms with van der Waals surface area (Å²) in [4.78, 5) is 29.4. The highest BCUT2D eigenvalue weighted by Crippen LogP contribution is 2.32. The average molecular weight is 331 g/mol. The summed E-state index contributed by atoms with van der Waals surface area (Å²) in [6, 6.07) is 5.54. The number of hydrogen-bond acceptors (Lipinski definition) is 4. The van der Waals surface area contributed by atoms with E-state index in [2.05, 4.69) is 10.3 Å². The van der Waals surface area contributed by atoms with Gasteiger partial charge < -0.3 is 5.32 Å².